The molecule has 0 unspecified atom stereocenters. The van der Waals surface area contributed by atoms with Gasteiger partial charge in [0.2, 0.25) is 5.91 Å². The van der Waals surface area contributed by atoms with Gasteiger partial charge < -0.3 is 10.1 Å². The fourth-order valence-corrected chi connectivity index (χ4v) is 3.04. The predicted molar refractivity (Wildman–Crippen MR) is 85.6 cm³/mol. The lowest BCUT2D eigenvalue weighted by Crippen LogP contribution is -2.26. The van der Waals surface area contributed by atoms with E-state index in [1.165, 1.54) is 6.33 Å². The number of carbonyl (C=O) groups is 1. The van der Waals surface area contributed by atoms with Gasteiger partial charge in [-0.1, -0.05) is 12.1 Å². The third-order valence-corrected chi connectivity index (χ3v) is 4.35. The first kappa shape index (κ1) is 14.6. The highest BCUT2D eigenvalue weighted by Gasteiger charge is 2.17. The minimum Gasteiger partial charge on any atom is -0.497 e. The molecule has 0 radical (unpaired) electrons. The van der Waals surface area contributed by atoms with Crippen molar-refractivity contribution in [2.24, 2.45) is 0 Å². The Hall–Kier alpha value is -2.34. The summed E-state index contributed by atoms with van der Waals surface area (Å²) in [5.74, 6) is 1.34. The first-order valence-electron chi connectivity index (χ1n) is 6.81. The average molecular weight is 313 g/mol. The summed E-state index contributed by atoms with van der Waals surface area (Å²) in [7, 11) is 1.63. The molecule has 0 saturated heterocycles. The van der Waals surface area contributed by atoms with Crippen LogP contribution in [0.25, 0.3) is 6.08 Å². The van der Waals surface area contributed by atoms with E-state index in [0.717, 1.165) is 27.5 Å². The quantitative estimate of drug-likeness (QED) is 0.877. The lowest BCUT2D eigenvalue weighted by Gasteiger charge is -2.14. The van der Waals surface area contributed by atoms with Gasteiger partial charge in [0, 0.05) is 29.6 Å². The number of amides is 1. The van der Waals surface area contributed by atoms with E-state index < -0.39 is 0 Å². The van der Waals surface area contributed by atoms with Gasteiger partial charge >= 0.3 is 0 Å². The average Bonchev–Trinajstić information content (AvgIpc) is 2.59. The molecule has 1 amide bonds. The van der Waals surface area contributed by atoms with Gasteiger partial charge in [0.15, 0.2) is 0 Å². The molecule has 0 bridgehead atoms. The Balaban J connectivity index is 1.66. The fraction of sp³-hybridized carbons (Fsp3) is 0.188. The molecule has 2 heterocycles. The van der Waals surface area contributed by atoms with Gasteiger partial charge in [-0.2, -0.15) is 0 Å². The largest absolute Gasteiger partial charge is 0.497 e. The molecule has 0 spiro atoms. The molecule has 1 aromatic heterocycles. The molecule has 0 aliphatic carbocycles. The van der Waals surface area contributed by atoms with Crippen molar-refractivity contribution in [1.29, 1.82) is 0 Å². The van der Waals surface area contributed by atoms with Crippen LogP contribution in [0.5, 0.6) is 5.75 Å². The van der Waals surface area contributed by atoms with Crippen LogP contribution in [0, 0.1) is 0 Å². The van der Waals surface area contributed by atoms with E-state index >= 15 is 0 Å². The van der Waals surface area contributed by atoms with Crippen LogP contribution < -0.4 is 10.1 Å². The maximum atomic E-state index is 12.3. The highest BCUT2D eigenvalue weighted by molar-refractivity contribution is 7.99. The number of aromatic nitrogens is 2. The Morgan fingerprint density at radius 1 is 1.45 bits per heavy atom. The second kappa shape index (κ2) is 6.62. The van der Waals surface area contributed by atoms with E-state index in [0.29, 0.717) is 12.3 Å². The number of hydrogen-bond donors (Lipinski definition) is 1. The molecule has 1 N–H and O–H groups in total. The van der Waals surface area contributed by atoms with E-state index in [-0.39, 0.29) is 5.91 Å². The van der Waals surface area contributed by atoms with Gasteiger partial charge in [-0.05, 0) is 23.8 Å². The zero-order valence-corrected chi connectivity index (χ0v) is 12.9. The molecular formula is C16H15N3O2S. The molecule has 1 aliphatic rings. The van der Waals surface area contributed by atoms with Gasteiger partial charge in [-0.3, -0.25) is 4.79 Å². The summed E-state index contributed by atoms with van der Waals surface area (Å²) in [6.07, 6.45) is 5.10. The molecule has 0 atom stereocenters. The number of carbonyl (C=O) groups excluding carboxylic acids is 1. The van der Waals surface area contributed by atoms with Crippen molar-refractivity contribution in [2.75, 3.05) is 12.9 Å². The fourth-order valence-electron chi connectivity index (χ4n) is 2.13. The molecule has 0 saturated carbocycles. The maximum Gasteiger partial charge on any atom is 0.248 e. The van der Waals surface area contributed by atoms with E-state index in [4.69, 9.17) is 4.74 Å². The van der Waals surface area contributed by atoms with Crippen LogP contribution in [0.3, 0.4) is 0 Å². The van der Waals surface area contributed by atoms with E-state index in [2.05, 4.69) is 15.3 Å². The summed E-state index contributed by atoms with van der Waals surface area (Å²) >= 11 is 1.55. The van der Waals surface area contributed by atoms with Crippen molar-refractivity contribution in [3.8, 4) is 5.75 Å². The van der Waals surface area contributed by atoms with E-state index in [1.54, 1.807) is 25.1 Å². The summed E-state index contributed by atoms with van der Waals surface area (Å²) in [5.41, 5.74) is 2.63. The summed E-state index contributed by atoms with van der Waals surface area (Å²) < 4.78 is 5.18. The summed E-state index contributed by atoms with van der Waals surface area (Å²) in [5, 5.41) is 3.85. The number of hydrogen-bond acceptors (Lipinski definition) is 5. The summed E-state index contributed by atoms with van der Waals surface area (Å²) in [4.78, 5) is 20.4. The molecular weight excluding hydrogens is 298 g/mol. The van der Waals surface area contributed by atoms with Crippen LogP contribution >= 0.6 is 11.8 Å². The minimum atomic E-state index is -0.0650. The van der Waals surface area contributed by atoms with Gasteiger partial charge in [-0.25, -0.2) is 9.97 Å². The number of nitrogens with zero attached hydrogens (tertiary/aromatic N) is 2. The summed E-state index contributed by atoms with van der Waals surface area (Å²) in [6, 6.07) is 7.65. The van der Waals surface area contributed by atoms with Crippen LogP contribution in [0.2, 0.25) is 0 Å². The van der Waals surface area contributed by atoms with Crippen LogP contribution in [0.4, 0.5) is 0 Å². The smallest absolute Gasteiger partial charge is 0.248 e. The van der Waals surface area contributed by atoms with Crippen LogP contribution in [0.15, 0.2) is 47.4 Å². The molecule has 6 heteroatoms. The Morgan fingerprint density at radius 2 is 2.36 bits per heavy atom. The number of benzene rings is 1. The number of thioether (sulfide) groups is 1. The minimum absolute atomic E-state index is 0.0650. The van der Waals surface area contributed by atoms with Crippen molar-refractivity contribution < 1.29 is 9.53 Å². The van der Waals surface area contributed by atoms with Crippen molar-refractivity contribution in [1.82, 2.24) is 15.3 Å². The number of fused-ring (bicyclic) bond motifs is 1. The zero-order chi connectivity index (χ0) is 15.4. The second-order valence-electron chi connectivity index (χ2n) is 4.78. The second-order valence-corrected chi connectivity index (χ2v) is 5.74. The first-order chi connectivity index (χ1) is 10.8. The van der Waals surface area contributed by atoms with Crippen molar-refractivity contribution in [3.63, 3.8) is 0 Å². The molecule has 0 fully saturated rings. The third-order valence-electron chi connectivity index (χ3n) is 3.28. The lowest BCUT2D eigenvalue weighted by molar-refractivity contribution is -0.117. The Morgan fingerprint density at radius 3 is 3.23 bits per heavy atom. The molecule has 2 aromatic rings. The van der Waals surface area contributed by atoms with Gasteiger partial charge in [0.1, 0.15) is 17.1 Å². The van der Waals surface area contributed by atoms with Crippen LogP contribution in [0.1, 0.15) is 11.1 Å². The molecule has 22 heavy (non-hydrogen) atoms. The number of ether oxygens (including phenoxy) is 1. The van der Waals surface area contributed by atoms with Gasteiger partial charge in [0.05, 0.1) is 7.11 Å². The van der Waals surface area contributed by atoms with Crippen LogP contribution in [-0.4, -0.2) is 28.7 Å². The Labute approximate surface area is 132 Å². The molecule has 3 rings (SSSR count). The summed E-state index contributed by atoms with van der Waals surface area (Å²) in [6.45, 7) is 0.468. The third kappa shape index (κ3) is 3.28. The van der Waals surface area contributed by atoms with Gasteiger partial charge in [-0.15, -0.1) is 11.8 Å². The number of nitrogens with one attached hydrogen (secondary N) is 1. The first-order valence-corrected chi connectivity index (χ1v) is 7.79. The van der Waals surface area contributed by atoms with Gasteiger partial charge in [0.25, 0.3) is 0 Å². The van der Waals surface area contributed by atoms with Crippen molar-refractivity contribution >= 4 is 23.7 Å². The van der Waals surface area contributed by atoms with E-state index in [9.17, 15) is 4.79 Å². The van der Waals surface area contributed by atoms with Crippen LogP contribution in [-0.2, 0) is 11.3 Å². The topological polar surface area (TPSA) is 64.1 Å². The highest BCUT2D eigenvalue weighted by atomic mass is 32.2. The Kier molecular flexibility index (Phi) is 4.39. The molecule has 1 aliphatic heterocycles. The predicted octanol–water partition coefficient (Wildman–Crippen LogP) is 2.29. The Bertz CT molecular complexity index is 731. The number of rotatable bonds is 4. The standard InChI is InChI=1S/C16H15N3O2S/c1-21-14-4-2-3-11(5-14)7-18-15(20)13-6-12-8-17-10-19-16(12)22-9-13/h2-6,8,10H,7,9H2,1H3,(H,18,20). The monoisotopic (exact) mass is 313 g/mol. The molecule has 1 aromatic carbocycles. The zero-order valence-electron chi connectivity index (χ0n) is 12.1. The lowest BCUT2D eigenvalue weighted by atomic mass is 10.1. The highest BCUT2D eigenvalue weighted by Crippen LogP contribution is 2.29. The van der Waals surface area contributed by atoms with Crippen molar-refractivity contribution in [2.45, 2.75) is 11.6 Å². The molecule has 112 valence electrons. The number of methoxy groups -OCH3 is 1. The SMILES string of the molecule is COc1cccc(CNC(=O)C2=Cc3cncnc3SC2)c1. The molecule has 5 nitrogen and oxygen atoms in total. The van der Waals surface area contributed by atoms with Crippen molar-refractivity contribution in [3.05, 3.63) is 53.5 Å². The normalized spacial score (nSPS) is 13.0. The maximum absolute atomic E-state index is 12.3. The van der Waals surface area contributed by atoms with E-state index in [1.807, 2.05) is 30.3 Å².